The molecule has 7 nitrogen and oxygen atoms in total. The Balaban J connectivity index is 2.36. The number of hydrogen-bond donors (Lipinski definition) is 3. The van der Waals surface area contributed by atoms with Crippen LogP contribution in [0, 0.1) is 0 Å². The van der Waals surface area contributed by atoms with Crippen LogP contribution in [-0.4, -0.2) is 25.1 Å². The summed E-state index contributed by atoms with van der Waals surface area (Å²) in [5, 5.41) is 7.58. The van der Waals surface area contributed by atoms with E-state index in [4.69, 9.17) is 11.5 Å². The molecular weight excluding hydrogens is 226 g/mol. The van der Waals surface area contributed by atoms with Gasteiger partial charge in [-0.25, -0.2) is 0 Å². The van der Waals surface area contributed by atoms with Gasteiger partial charge in [-0.05, 0) is 0 Å². The van der Waals surface area contributed by atoms with Crippen molar-refractivity contribution < 1.29 is 0 Å². The average Bonchev–Trinajstić information content (AvgIpc) is 2.82. The van der Waals surface area contributed by atoms with Crippen LogP contribution in [0.5, 0.6) is 0 Å². The normalized spacial score (nSPS) is 11.0. The first-order valence-corrected chi connectivity index (χ1v) is 5.29. The van der Waals surface area contributed by atoms with Gasteiger partial charge in [-0.3, -0.25) is 10.1 Å². The van der Waals surface area contributed by atoms with Gasteiger partial charge in [0.1, 0.15) is 5.82 Å². The van der Waals surface area contributed by atoms with Gasteiger partial charge in [0.2, 0.25) is 5.95 Å². The van der Waals surface area contributed by atoms with Crippen molar-refractivity contribution in [1.29, 1.82) is 0 Å². The molecule has 0 amide bonds. The zero-order valence-corrected chi connectivity index (χ0v) is 8.82. The van der Waals surface area contributed by atoms with Crippen molar-refractivity contribution >= 4 is 34.1 Å². The van der Waals surface area contributed by atoms with Crippen LogP contribution >= 0.6 is 11.3 Å². The highest BCUT2D eigenvalue weighted by Crippen LogP contribution is 2.30. The summed E-state index contributed by atoms with van der Waals surface area (Å²) in [6, 6.07) is 0. The molecule has 0 aromatic carbocycles. The average molecular weight is 233 g/mol. The molecule has 0 saturated carbocycles. The largest absolute Gasteiger partial charge is 0.383 e. The topological polar surface area (TPSA) is 119 Å². The van der Waals surface area contributed by atoms with Crippen LogP contribution in [0.25, 0.3) is 21.6 Å². The minimum atomic E-state index is 0.118. The van der Waals surface area contributed by atoms with E-state index in [2.05, 4.69) is 25.1 Å². The number of aromatic amines is 1. The van der Waals surface area contributed by atoms with E-state index < -0.39 is 0 Å². The maximum Gasteiger partial charge on any atom is 0.224 e. The van der Waals surface area contributed by atoms with Crippen LogP contribution in [0.3, 0.4) is 0 Å². The molecule has 3 rings (SSSR count). The number of thiazole rings is 1. The lowest BCUT2D eigenvalue weighted by atomic mass is 10.2. The van der Waals surface area contributed by atoms with Crippen LogP contribution in [0.15, 0.2) is 11.7 Å². The van der Waals surface area contributed by atoms with Crippen molar-refractivity contribution in [2.45, 2.75) is 0 Å². The van der Waals surface area contributed by atoms with Crippen molar-refractivity contribution in [2.75, 3.05) is 11.5 Å². The fourth-order valence-electron chi connectivity index (χ4n) is 1.49. The van der Waals surface area contributed by atoms with Crippen molar-refractivity contribution in [3.8, 4) is 10.6 Å². The molecule has 80 valence electrons. The molecule has 0 saturated heterocycles. The Morgan fingerprint density at radius 3 is 2.88 bits per heavy atom. The quantitative estimate of drug-likeness (QED) is 0.567. The molecular formula is C8H7N7S. The van der Waals surface area contributed by atoms with Crippen LogP contribution in [0.1, 0.15) is 0 Å². The predicted molar refractivity (Wildman–Crippen MR) is 61.6 cm³/mol. The van der Waals surface area contributed by atoms with Crippen LogP contribution < -0.4 is 11.5 Å². The maximum atomic E-state index is 5.80. The molecule has 0 fully saturated rings. The van der Waals surface area contributed by atoms with Crippen molar-refractivity contribution in [3.63, 3.8) is 0 Å². The third kappa shape index (κ3) is 1.20. The Kier molecular flexibility index (Phi) is 1.77. The predicted octanol–water partition coefficient (Wildman–Crippen LogP) is 0.641. The highest BCUT2D eigenvalue weighted by atomic mass is 32.1. The molecule has 8 heteroatoms. The van der Waals surface area contributed by atoms with Crippen molar-refractivity contribution in [3.05, 3.63) is 11.7 Å². The lowest BCUT2D eigenvalue weighted by Crippen LogP contribution is -1.99. The number of rotatable bonds is 1. The number of fused-ring (bicyclic) bond motifs is 1. The van der Waals surface area contributed by atoms with Gasteiger partial charge >= 0.3 is 0 Å². The first kappa shape index (κ1) is 9.04. The van der Waals surface area contributed by atoms with Crippen LogP contribution in [0.2, 0.25) is 0 Å². The molecule has 0 aliphatic rings. The van der Waals surface area contributed by atoms with Gasteiger partial charge in [0.05, 0.1) is 21.5 Å². The van der Waals surface area contributed by atoms with E-state index in [0.717, 1.165) is 10.6 Å². The van der Waals surface area contributed by atoms with Gasteiger partial charge < -0.3 is 11.5 Å². The number of anilines is 2. The molecule has 0 radical (unpaired) electrons. The fraction of sp³-hybridized carbons (Fsp3) is 0. The van der Waals surface area contributed by atoms with Gasteiger partial charge in [0, 0.05) is 6.20 Å². The SMILES string of the molecule is Nc1nc(N)c2c(-c3cncs3)[nH]nc2n1. The number of hydrogen-bond acceptors (Lipinski definition) is 7. The van der Waals surface area contributed by atoms with E-state index in [9.17, 15) is 0 Å². The summed E-state index contributed by atoms with van der Waals surface area (Å²) >= 11 is 1.48. The van der Waals surface area contributed by atoms with Crippen LogP contribution in [-0.2, 0) is 0 Å². The fourth-order valence-corrected chi connectivity index (χ4v) is 2.11. The van der Waals surface area contributed by atoms with E-state index >= 15 is 0 Å². The Hall–Kier alpha value is -2.22. The molecule has 0 unspecified atom stereocenters. The summed E-state index contributed by atoms with van der Waals surface area (Å²) < 4.78 is 0. The summed E-state index contributed by atoms with van der Waals surface area (Å²) in [6.07, 6.45) is 1.73. The zero-order chi connectivity index (χ0) is 11.1. The summed E-state index contributed by atoms with van der Waals surface area (Å²) in [5.74, 6) is 0.437. The maximum absolute atomic E-state index is 5.80. The van der Waals surface area contributed by atoms with Crippen molar-refractivity contribution in [1.82, 2.24) is 25.1 Å². The Morgan fingerprint density at radius 2 is 2.12 bits per heavy atom. The van der Waals surface area contributed by atoms with Gasteiger partial charge in [-0.1, -0.05) is 0 Å². The smallest absolute Gasteiger partial charge is 0.224 e. The summed E-state index contributed by atoms with van der Waals surface area (Å²) in [6.45, 7) is 0. The molecule has 16 heavy (non-hydrogen) atoms. The second-order valence-corrected chi connectivity index (χ2v) is 4.02. The second-order valence-electron chi connectivity index (χ2n) is 3.13. The zero-order valence-electron chi connectivity index (χ0n) is 8.01. The Morgan fingerprint density at radius 1 is 1.25 bits per heavy atom. The number of aromatic nitrogens is 5. The third-order valence-electron chi connectivity index (χ3n) is 2.14. The van der Waals surface area contributed by atoms with E-state index in [1.807, 2.05) is 0 Å². The second kappa shape index (κ2) is 3.14. The number of nitrogens with zero attached hydrogens (tertiary/aromatic N) is 4. The Bertz CT molecular complexity index is 642. The lowest BCUT2D eigenvalue weighted by Gasteiger charge is -1.97. The minimum absolute atomic E-state index is 0.118. The molecule has 0 bridgehead atoms. The van der Waals surface area contributed by atoms with E-state index in [1.54, 1.807) is 11.7 Å². The van der Waals surface area contributed by atoms with E-state index in [1.165, 1.54) is 11.3 Å². The first-order valence-electron chi connectivity index (χ1n) is 4.41. The number of nitrogens with two attached hydrogens (primary N) is 2. The molecule has 0 aliphatic heterocycles. The number of H-pyrrole nitrogens is 1. The lowest BCUT2D eigenvalue weighted by molar-refractivity contribution is 1.10. The molecule has 0 spiro atoms. The molecule has 0 atom stereocenters. The van der Waals surface area contributed by atoms with Gasteiger partial charge in [-0.15, -0.1) is 11.3 Å². The number of nitrogens with one attached hydrogen (secondary N) is 1. The van der Waals surface area contributed by atoms with Crippen LogP contribution in [0.4, 0.5) is 11.8 Å². The van der Waals surface area contributed by atoms with Crippen molar-refractivity contribution in [2.24, 2.45) is 0 Å². The standard InChI is InChI=1S/C8H7N7S/c9-6-4-5(3-1-11-2-16-3)14-15-7(4)13-8(10)12-6/h1-2H,(H5,9,10,12,13,14,15). The first-order chi connectivity index (χ1) is 7.75. The molecule has 0 aliphatic carbocycles. The summed E-state index contributed by atoms with van der Waals surface area (Å²) in [5.41, 5.74) is 14.3. The molecule has 3 heterocycles. The van der Waals surface area contributed by atoms with Gasteiger partial charge in [0.15, 0.2) is 5.65 Å². The molecule has 3 aromatic rings. The summed E-state index contributed by atoms with van der Waals surface area (Å²) in [7, 11) is 0. The molecule has 5 N–H and O–H groups in total. The van der Waals surface area contributed by atoms with E-state index in [0.29, 0.717) is 16.9 Å². The van der Waals surface area contributed by atoms with Gasteiger partial charge in [0.25, 0.3) is 0 Å². The highest BCUT2D eigenvalue weighted by molar-refractivity contribution is 7.13. The van der Waals surface area contributed by atoms with Gasteiger partial charge in [-0.2, -0.15) is 15.1 Å². The number of nitrogen functional groups attached to an aromatic ring is 2. The molecule has 3 aromatic heterocycles. The summed E-state index contributed by atoms with van der Waals surface area (Å²) in [4.78, 5) is 12.8. The highest BCUT2D eigenvalue weighted by Gasteiger charge is 2.14. The van der Waals surface area contributed by atoms with E-state index in [-0.39, 0.29) is 5.95 Å². The third-order valence-corrected chi connectivity index (χ3v) is 2.93. The monoisotopic (exact) mass is 233 g/mol. The minimum Gasteiger partial charge on any atom is -0.383 e. The Labute approximate surface area is 93.5 Å².